The minimum atomic E-state index is -0.0299. The largest absolute Gasteiger partial charge is 0.493 e. The van der Waals surface area contributed by atoms with Crippen molar-refractivity contribution in [2.75, 3.05) is 31.6 Å². The highest BCUT2D eigenvalue weighted by Gasteiger charge is 2.32. The summed E-state index contributed by atoms with van der Waals surface area (Å²) in [6.45, 7) is 8.72. The Balaban J connectivity index is 1.54. The number of amidine groups is 1. The number of methoxy groups -OCH3 is 1. The van der Waals surface area contributed by atoms with Crippen LogP contribution >= 0.6 is 11.8 Å². The second kappa shape index (κ2) is 11.0. The van der Waals surface area contributed by atoms with Crippen molar-refractivity contribution in [1.29, 1.82) is 0 Å². The number of likely N-dealkylation sites (N-methyl/N-ethyl adjacent to an activating group) is 1. The Morgan fingerprint density at radius 2 is 1.79 bits per heavy atom. The zero-order chi connectivity index (χ0) is 24.1. The van der Waals surface area contributed by atoms with Gasteiger partial charge in [0.2, 0.25) is 0 Å². The van der Waals surface area contributed by atoms with E-state index in [1.807, 2.05) is 57.2 Å². The van der Waals surface area contributed by atoms with Gasteiger partial charge in [0.25, 0.3) is 5.91 Å². The number of anilines is 1. The average molecular weight is 480 g/mol. The van der Waals surface area contributed by atoms with E-state index < -0.39 is 0 Å². The van der Waals surface area contributed by atoms with Crippen molar-refractivity contribution in [3.8, 4) is 11.5 Å². The van der Waals surface area contributed by atoms with Crippen molar-refractivity contribution >= 4 is 40.3 Å². The third-order valence-corrected chi connectivity index (χ3v) is 6.85. The van der Waals surface area contributed by atoms with Gasteiger partial charge >= 0.3 is 0 Å². The molecule has 0 atom stereocenters. The van der Waals surface area contributed by atoms with Crippen LogP contribution in [0.2, 0.25) is 0 Å². The molecule has 0 aliphatic carbocycles. The fourth-order valence-corrected chi connectivity index (χ4v) is 5.21. The fourth-order valence-electron chi connectivity index (χ4n) is 4.15. The normalized spacial score (nSPS) is 18.9. The van der Waals surface area contributed by atoms with E-state index in [1.165, 1.54) is 36.7 Å². The molecule has 2 aromatic carbocycles. The van der Waals surface area contributed by atoms with Crippen molar-refractivity contribution in [1.82, 2.24) is 4.90 Å². The van der Waals surface area contributed by atoms with Gasteiger partial charge in [0, 0.05) is 25.3 Å². The van der Waals surface area contributed by atoms with Gasteiger partial charge in [-0.3, -0.25) is 9.69 Å². The molecular weight excluding hydrogens is 446 g/mol. The highest BCUT2D eigenvalue weighted by molar-refractivity contribution is 8.18. The quantitative estimate of drug-likeness (QED) is 0.449. The van der Waals surface area contributed by atoms with Crippen LogP contribution < -0.4 is 14.4 Å². The number of hydrogen-bond donors (Lipinski definition) is 0. The summed E-state index contributed by atoms with van der Waals surface area (Å²) in [6, 6.07) is 14.0. The van der Waals surface area contributed by atoms with Gasteiger partial charge in [-0.1, -0.05) is 6.07 Å². The summed E-state index contributed by atoms with van der Waals surface area (Å²) in [5, 5.41) is 0.705. The molecule has 0 N–H and O–H groups in total. The monoisotopic (exact) mass is 479 g/mol. The van der Waals surface area contributed by atoms with Crippen LogP contribution in [0, 0.1) is 0 Å². The van der Waals surface area contributed by atoms with Crippen LogP contribution in [0.3, 0.4) is 0 Å². The van der Waals surface area contributed by atoms with Gasteiger partial charge in [-0.15, -0.1) is 0 Å². The summed E-state index contributed by atoms with van der Waals surface area (Å²) in [4.78, 5) is 22.7. The molecule has 0 spiro atoms. The molecule has 180 valence electrons. The first kappa shape index (κ1) is 24.2. The molecule has 0 saturated carbocycles. The lowest BCUT2D eigenvalue weighted by Crippen LogP contribution is -2.29. The van der Waals surface area contributed by atoms with E-state index in [2.05, 4.69) is 17.0 Å². The lowest BCUT2D eigenvalue weighted by Gasteiger charge is -2.28. The molecule has 7 heteroatoms. The maximum Gasteiger partial charge on any atom is 0.266 e. The van der Waals surface area contributed by atoms with Crippen molar-refractivity contribution in [2.45, 2.75) is 46.1 Å². The van der Waals surface area contributed by atoms with Crippen LogP contribution in [0.5, 0.6) is 11.5 Å². The molecule has 2 aliphatic heterocycles. The van der Waals surface area contributed by atoms with Gasteiger partial charge in [0.15, 0.2) is 16.7 Å². The number of rotatable bonds is 7. The molecule has 1 amide bonds. The number of carbonyl (C=O) groups is 1. The Hall–Kier alpha value is -2.93. The number of hydrogen-bond acceptors (Lipinski definition) is 6. The van der Waals surface area contributed by atoms with Crippen molar-refractivity contribution in [3.63, 3.8) is 0 Å². The Morgan fingerprint density at radius 1 is 1.06 bits per heavy atom. The van der Waals surface area contributed by atoms with E-state index >= 15 is 0 Å². The van der Waals surface area contributed by atoms with E-state index in [0.29, 0.717) is 28.1 Å². The average Bonchev–Trinajstić information content (AvgIpc) is 3.14. The summed E-state index contributed by atoms with van der Waals surface area (Å²) in [5.41, 5.74) is 2.98. The minimum absolute atomic E-state index is 0.0299. The number of piperidine rings is 1. The summed E-state index contributed by atoms with van der Waals surface area (Å²) in [6.07, 6.45) is 5.76. The number of thioether (sulfide) groups is 1. The zero-order valence-electron chi connectivity index (χ0n) is 20.4. The summed E-state index contributed by atoms with van der Waals surface area (Å²) in [5.74, 6) is 1.31. The number of amides is 1. The number of nitrogens with zero attached hydrogens (tertiary/aromatic N) is 3. The van der Waals surface area contributed by atoms with Crippen LogP contribution in [-0.2, 0) is 4.79 Å². The number of ether oxygens (including phenoxy) is 2. The van der Waals surface area contributed by atoms with Crippen molar-refractivity contribution in [3.05, 3.63) is 52.9 Å². The summed E-state index contributed by atoms with van der Waals surface area (Å²) >= 11 is 1.41. The first-order valence-electron chi connectivity index (χ1n) is 12.0. The van der Waals surface area contributed by atoms with E-state index in [4.69, 9.17) is 14.5 Å². The van der Waals surface area contributed by atoms with Crippen LogP contribution in [0.25, 0.3) is 6.08 Å². The third-order valence-electron chi connectivity index (χ3n) is 5.85. The van der Waals surface area contributed by atoms with Crippen LogP contribution in [0.15, 0.2) is 52.4 Å². The molecule has 6 nitrogen and oxygen atoms in total. The lowest BCUT2D eigenvalue weighted by molar-refractivity contribution is -0.122. The third kappa shape index (κ3) is 5.58. The minimum Gasteiger partial charge on any atom is -0.493 e. The standard InChI is InChI=1S/C27H33N3O3S/c1-5-30-26(31)25(18-20-9-14-23(33-19(2)3)24(17-20)32-4)34-27(30)28-21-10-12-22(13-11-21)29-15-7-6-8-16-29/h9-14,17-19H,5-8,15-16H2,1-4H3/b25-18-,28-27?. The van der Waals surface area contributed by atoms with Gasteiger partial charge in [-0.2, -0.15) is 0 Å². The Labute approximate surface area is 206 Å². The van der Waals surface area contributed by atoms with Crippen LogP contribution in [0.1, 0.15) is 45.6 Å². The second-order valence-corrected chi connectivity index (χ2v) is 9.70. The van der Waals surface area contributed by atoms with Crippen LogP contribution in [0.4, 0.5) is 11.4 Å². The molecule has 2 fully saturated rings. The highest BCUT2D eigenvalue weighted by atomic mass is 32.2. The second-order valence-electron chi connectivity index (χ2n) is 8.70. The first-order valence-corrected chi connectivity index (χ1v) is 12.8. The molecule has 34 heavy (non-hydrogen) atoms. The molecule has 0 unspecified atom stereocenters. The van der Waals surface area contributed by atoms with E-state index in [-0.39, 0.29) is 12.0 Å². The van der Waals surface area contributed by atoms with Gasteiger partial charge < -0.3 is 14.4 Å². The van der Waals surface area contributed by atoms with Gasteiger partial charge in [0.1, 0.15) is 0 Å². The molecule has 0 aromatic heterocycles. The predicted molar refractivity (Wildman–Crippen MR) is 141 cm³/mol. The molecular formula is C27H33N3O3S. The summed E-state index contributed by atoms with van der Waals surface area (Å²) < 4.78 is 11.3. The molecule has 0 radical (unpaired) electrons. The Bertz CT molecular complexity index is 1070. The summed E-state index contributed by atoms with van der Waals surface area (Å²) in [7, 11) is 1.62. The maximum absolute atomic E-state index is 13.1. The first-order chi connectivity index (χ1) is 16.5. The smallest absolute Gasteiger partial charge is 0.266 e. The molecule has 0 bridgehead atoms. The SMILES string of the molecule is CCN1C(=O)/C(=C/c2ccc(OC(C)C)c(OC)c2)SC1=Nc1ccc(N2CCCCC2)cc1. The van der Waals surface area contributed by atoms with Crippen molar-refractivity contribution in [2.24, 2.45) is 4.99 Å². The molecule has 2 saturated heterocycles. The Kier molecular flexibility index (Phi) is 7.83. The fraction of sp³-hybridized carbons (Fsp3) is 0.407. The predicted octanol–water partition coefficient (Wildman–Crippen LogP) is 6.10. The molecule has 2 aliphatic rings. The van der Waals surface area contributed by atoms with Gasteiger partial charge in [-0.05, 0) is 99.8 Å². The van der Waals surface area contributed by atoms with E-state index in [9.17, 15) is 4.79 Å². The number of aliphatic imine (C=N–C) groups is 1. The zero-order valence-corrected chi connectivity index (χ0v) is 21.2. The Morgan fingerprint density at radius 3 is 2.44 bits per heavy atom. The topological polar surface area (TPSA) is 54.4 Å². The maximum atomic E-state index is 13.1. The molecule has 4 rings (SSSR count). The van der Waals surface area contributed by atoms with E-state index in [1.54, 1.807) is 12.0 Å². The van der Waals surface area contributed by atoms with Crippen molar-refractivity contribution < 1.29 is 14.3 Å². The molecule has 2 heterocycles. The highest BCUT2D eigenvalue weighted by Crippen LogP contribution is 2.36. The number of carbonyl (C=O) groups excluding carboxylic acids is 1. The van der Waals surface area contributed by atoms with Gasteiger partial charge in [0.05, 0.1) is 23.8 Å². The van der Waals surface area contributed by atoms with E-state index in [0.717, 1.165) is 24.3 Å². The molecule has 2 aromatic rings. The lowest BCUT2D eigenvalue weighted by atomic mass is 10.1. The van der Waals surface area contributed by atoms with Gasteiger partial charge in [-0.25, -0.2) is 4.99 Å². The van der Waals surface area contributed by atoms with Crippen LogP contribution in [-0.4, -0.2) is 48.8 Å². The number of benzene rings is 2.